The second kappa shape index (κ2) is 5.47. The molecule has 3 nitrogen and oxygen atoms in total. The van der Waals surface area contributed by atoms with Crippen LogP contribution >= 0.6 is 0 Å². The standard InChI is InChI=1S/C15H11F3O3/c1-21-13-4-2-3-9(8-13)10-5-11(14(19)20)7-12(6-10)15(16,17)18/h2-8H,1H3,(H,19,20). The number of benzene rings is 2. The third-order valence-corrected chi connectivity index (χ3v) is 2.91. The molecule has 0 aliphatic rings. The Labute approximate surface area is 118 Å². The van der Waals surface area contributed by atoms with E-state index in [-0.39, 0.29) is 5.56 Å². The molecule has 0 aromatic heterocycles. The molecular weight excluding hydrogens is 285 g/mol. The summed E-state index contributed by atoms with van der Waals surface area (Å²) in [5.74, 6) is -0.938. The Balaban J connectivity index is 2.62. The molecule has 0 bridgehead atoms. The average Bonchev–Trinajstić information content (AvgIpc) is 2.46. The molecule has 1 N–H and O–H groups in total. The summed E-state index contributed by atoms with van der Waals surface area (Å²) in [7, 11) is 1.44. The summed E-state index contributed by atoms with van der Waals surface area (Å²) in [6.45, 7) is 0. The monoisotopic (exact) mass is 296 g/mol. The van der Waals surface area contributed by atoms with Crippen molar-refractivity contribution >= 4 is 5.97 Å². The minimum atomic E-state index is -4.61. The molecule has 6 heteroatoms. The van der Waals surface area contributed by atoms with Gasteiger partial charge in [0.25, 0.3) is 0 Å². The predicted molar refractivity (Wildman–Crippen MR) is 70.4 cm³/mol. The lowest BCUT2D eigenvalue weighted by molar-refractivity contribution is -0.137. The summed E-state index contributed by atoms with van der Waals surface area (Å²) in [4.78, 5) is 11.0. The lowest BCUT2D eigenvalue weighted by Gasteiger charge is -2.11. The van der Waals surface area contributed by atoms with Crippen molar-refractivity contribution in [3.8, 4) is 16.9 Å². The number of carboxylic acids is 1. The smallest absolute Gasteiger partial charge is 0.416 e. The van der Waals surface area contributed by atoms with E-state index >= 15 is 0 Å². The third-order valence-electron chi connectivity index (χ3n) is 2.91. The normalized spacial score (nSPS) is 11.2. The van der Waals surface area contributed by atoms with Crippen LogP contribution in [0.1, 0.15) is 15.9 Å². The first-order valence-electron chi connectivity index (χ1n) is 5.91. The van der Waals surface area contributed by atoms with Gasteiger partial charge in [0.1, 0.15) is 5.75 Å². The molecule has 0 amide bonds. The number of carbonyl (C=O) groups is 1. The summed E-state index contributed by atoms with van der Waals surface area (Å²) in [6.07, 6.45) is -4.61. The van der Waals surface area contributed by atoms with E-state index in [2.05, 4.69) is 0 Å². The number of aromatic carboxylic acids is 1. The van der Waals surface area contributed by atoms with E-state index in [9.17, 15) is 18.0 Å². The van der Waals surface area contributed by atoms with E-state index in [1.165, 1.54) is 13.2 Å². The molecule has 2 rings (SSSR count). The lowest BCUT2D eigenvalue weighted by Crippen LogP contribution is -2.08. The van der Waals surface area contributed by atoms with Crippen molar-refractivity contribution in [1.82, 2.24) is 0 Å². The Morgan fingerprint density at radius 3 is 2.38 bits per heavy atom. The molecule has 0 heterocycles. The van der Waals surface area contributed by atoms with Crippen molar-refractivity contribution in [3.63, 3.8) is 0 Å². The SMILES string of the molecule is COc1cccc(-c2cc(C(=O)O)cc(C(F)(F)F)c2)c1. The van der Waals surface area contributed by atoms with Crippen LogP contribution in [-0.4, -0.2) is 18.2 Å². The largest absolute Gasteiger partial charge is 0.497 e. The average molecular weight is 296 g/mol. The molecule has 21 heavy (non-hydrogen) atoms. The fraction of sp³-hybridized carbons (Fsp3) is 0.133. The van der Waals surface area contributed by atoms with E-state index in [1.54, 1.807) is 24.3 Å². The van der Waals surface area contributed by atoms with Gasteiger partial charge in [0, 0.05) is 0 Å². The maximum atomic E-state index is 12.9. The summed E-state index contributed by atoms with van der Waals surface area (Å²) in [5, 5.41) is 8.96. The lowest BCUT2D eigenvalue weighted by atomic mass is 9.99. The molecule has 0 spiro atoms. The zero-order valence-corrected chi connectivity index (χ0v) is 10.9. The van der Waals surface area contributed by atoms with Crippen molar-refractivity contribution in [3.05, 3.63) is 53.6 Å². The number of methoxy groups -OCH3 is 1. The van der Waals surface area contributed by atoms with Crippen LogP contribution < -0.4 is 4.74 Å². The van der Waals surface area contributed by atoms with Gasteiger partial charge in [-0.3, -0.25) is 0 Å². The van der Waals surface area contributed by atoms with Crippen LogP contribution in [0.4, 0.5) is 13.2 Å². The van der Waals surface area contributed by atoms with Crippen molar-refractivity contribution in [2.75, 3.05) is 7.11 Å². The van der Waals surface area contributed by atoms with Crippen LogP contribution in [0.3, 0.4) is 0 Å². The first-order chi connectivity index (χ1) is 9.81. The second-order valence-corrected chi connectivity index (χ2v) is 4.33. The molecule has 0 unspecified atom stereocenters. The molecule has 0 fully saturated rings. The third kappa shape index (κ3) is 3.34. The Hall–Kier alpha value is -2.50. The van der Waals surface area contributed by atoms with E-state index < -0.39 is 23.3 Å². The molecule has 0 saturated heterocycles. The summed E-state index contributed by atoms with van der Waals surface area (Å²) in [5.41, 5.74) is -0.799. The molecule has 0 radical (unpaired) electrons. The summed E-state index contributed by atoms with van der Waals surface area (Å²) in [6, 6.07) is 9.13. The molecule has 0 aliphatic heterocycles. The minimum Gasteiger partial charge on any atom is -0.497 e. The van der Waals surface area contributed by atoms with Gasteiger partial charge in [0.15, 0.2) is 0 Å². The Bertz CT molecular complexity index is 678. The van der Waals surface area contributed by atoms with E-state index in [0.717, 1.165) is 6.07 Å². The number of ether oxygens (including phenoxy) is 1. The Morgan fingerprint density at radius 1 is 1.10 bits per heavy atom. The first kappa shape index (κ1) is 14.9. The van der Waals surface area contributed by atoms with Crippen LogP contribution in [0.15, 0.2) is 42.5 Å². The fourth-order valence-electron chi connectivity index (χ4n) is 1.88. The van der Waals surface area contributed by atoms with E-state index in [4.69, 9.17) is 9.84 Å². The van der Waals surface area contributed by atoms with Crippen LogP contribution in [0.25, 0.3) is 11.1 Å². The van der Waals surface area contributed by atoms with Crippen LogP contribution in [0.2, 0.25) is 0 Å². The quantitative estimate of drug-likeness (QED) is 0.928. The fourth-order valence-corrected chi connectivity index (χ4v) is 1.88. The number of hydrogen-bond acceptors (Lipinski definition) is 2. The van der Waals surface area contributed by atoms with Gasteiger partial charge in [-0.15, -0.1) is 0 Å². The van der Waals surface area contributed by atoms with Gasteiger partial charge in [-0.1, -0.05) is 12.1 Å². The number of hydrogen-bond donors (Lipinski definition) is 1. The van der Waals surface area contributed by atoms with Gasteiger partial charge >= 0.3 is 12.1 Å². The Morgan fingerprint density at radius 2 is 1.81 bits per heavy atom. The summed E-state index contributed by atoms with van der Waals surface area (Å²) < 4.78 is 43.6. The zero-order valence-electron chi connectivity index (χ0n) is 10.9. The molecule has 110 valence electrons. The summed E-state index contributed by atoms with van der Waals surface area (Å²) >= 11 is 0. The molecule has 2 aromatic carbocycles. The van der Waals surface area contributed by atoms with Gasteiger partial charge in [-0.2, -0.15) is 13.2 Å². The van der Waals surface area contributed by atoms with Gasteiger partial charge < -0.3 is 9.84 Å². The highest BCUT2D eigenvalue weighted by Crippen LogP contribution is 2.34. The number of rotatable bonds is 3. The van der Waals surface area contributed by atoms with Crippen LogP contribution in [0.5, 0.6) is 5.75 Å². The van der Waals surface area contributed by atoms with Gasteiger partial charge in [0.05, 0.1) is 18.2 Å². The maximum absolute atomic E-state index is 12.9. The first-order valence-corrected chi connectivity index (χ1v) is 5.91. The molecular formula is C15H11F3O3. The second-order valence-electron chi connectivity index (χ2n) is 4.33. The highest BCUT2D eigenvalue weighted by Gasteiger charge is 2.31. The van der Waals surface area contributed by atoms with Crippen LogP contribution in [0, 0.1) is 0 Å². The van der Waals surface area contributed by atoms with Crippen LogP contribution in [-0.2, 0) is 6.18 Å². The topological polar surface area (TPSA) is 46.5 Å². The maximum Gasteiger partial charge on any atom is 0.416 e. The van der Waals surface area contributed by atoms with Crippen molar-refractivity contribution < 1.29 is 27.8 Å². The predicted octanol–water partition coefficient (Wildman–Crippen LogP) is 4.08. The molecule has 2 aromatic rings. The highest BCUT2D eigenvalue weighted by atomic mass is 19.4. The van der Waals surface area contributed by atoms with Crippen molar-refractivity contribution in [1.29, 1.82) is 0 Å². The molecule has 0 atom stereocenters. The number of alkyl halides is 3. The number of carboxylic acid groups (broad SMARTS) is 1. The molecule has 0 aliphatic carbocycles. The van der Waals surface area contributed by atoms with Gasteiger partial charge in [-0.25, -0.2) is 4.79 Å². The highest BCUT2D eigenvalue weighted by molar-refractivity contribution is 5.90. The van der Waals surface area contributed by atoms with Gasteiger partial charge in [0.2, 0.25) is 0 Å². The zero-order chi connectivity index (χ0) is 15.6. The van der Waals surface area contributed by atoms with Crippen molar-refractivity contribution in [2.45, 2.75) is 6.18 Å². The van der Waals surface area contributed by atoms with E-state index in [0.29, 0.717) is 17.4 Å². The van der Waals surface area contributed by atoms with E-state index in [1.807, 2.05) is 0 Å². The Kier molecular flexibility index (Phi) is 3.88. The molecule has 0 saturated carbocycles. The minimum absolute atomic E-state index is 0.168. The van der Waals surface area contributed by atoms with Gasteiger partial charge in [-0.05, 0) is 41.5 Å². The van der Waals surface area contributed by atoms with Crippen molar-refractivity contribution in [2.24, 2.45) is 0 Å². The number of halogens is 3.